The number of nitrogens with two attached hydrogens (primary N) is 1. The maximum Gasteiger partial charge on any atom is 0.166 e. The van der Waals surface area contributed by atoms with Gasteiger partial charge in [0.05, 0.1) is 0 Å². The van der Waals surface area contributed by atoms with E-state index in [0.717, 1.165) is 18.4 Å². The lowest BCUT2D eigenvalue weighted by Gasteiger charge is -2.29. The van der Waals surface area contributed by atoms with Crippen molar-refractivity contribution < 1.29 is 4.79 Å². The van der Waals surface area contributed by atoms with Gasteiger partial charge in [-0.25, -0.2) is 0 Å². The van der Waals surface area contributed by atoms with Crippen LogP contribution in [0.3, 0.4) is 0 Å². The van der Waals surface area contributed by atoms with Crippen molar-refractivity contribution in [3.05, 3.63) is 29.8 Å². The normalized spacial score (nSPS) is 24.5. The van der Waals surface area contributed by atoms with Gasteiger partial charge in [0.25, 0.3) is 0 Å². The van der Waals surface area contributed by atoms with Crippen LogP contribution in [-0.2, 0) is 0 Å². The Hall–Kier alpha value is -1.31. The molecule has 0 aliphatic heterocycles. The third kappa shape index (κ3) is 2.68. The van der Waals surface area contributed by atoms with Crippen molar-refractivity contribution in [2.45, 2.75) is 39.0 Å². The average molecular weight is 231 g/mol. The van der Waals surface area contributed by atoms with Gasteiger partial charge < -0.3 is 5.73 Å². The Labute approximate surface area is 103 Å². The SMILES string of the molecule is CCC1CCCCC1C(=O)c1cccc(N)c1. The molecule has 0 saturated heterocycles. The number of rotatable bonds is 3. The molecule has 0 spiro atoms. The summed E-state index contributed by atoms with van der Waals surface area (Å²) in [4.78, 5) is 12.5. The highest BCUT2D eigenvalue weighted by atomic mass is 16.1. The van der Waals surface area contributed by atoms with Crippen LogP contribution in [0.4, 0.5) is 5.69 Å². The fourth-order valence-electron chi connectivity index (χ4n) is 2.95. The smallest absolute Gasteiger partial charge is 0.166 e. The molecule has 1 aliphatic rings. The molecule has 0 bridgehead atoms. The highest BCUT2D eigenvalue weighted by molar-refractivity contribution is 5.98. The summed E-state index contributed by atoms with van der Waals surface area (Å²) < 4.78 is 0. The highest BCUT2D eigenvalue weighted by Crippen LogP contribution is 2.34. The van der Waals surface area contributed by atoms with Crippen molar-refractivity contribution in [1.82, 2.24) is 0 Å². The topological polar surface area (TPSA) is 43.1 Å². The van der Waals surface area contributed by atoms with Gasteiger partial charge in [0.1, 0.15) is 0 Å². The number of ketones is 1. The first-order valence-corrected chi connectivity index (χ1v) is 6.62. The number of Topliss-reactive ketones (excluding diaryl/α,β-unsaturated/α-hetero) is 1. The zero-order valence-electron chi connectivity index (χ0n) is 10.5. The maximum absolute atomic E-state index is 12.5. The number of hydrogen-bond donors (Lipinski definition) is 1. The first-order chi connectivity index (χ1) is 8.22. The van der Waals surface area contributed by atoms with Crippen molar-refractivity contribution in [1.29, 1.82) is 0 Å². The van der Waals surface area contributed by atoms with Crippen LogP contribution in [0.15, 0.2) is 24.3 Å². The summed E-state index contributed by atoms with van der Waals surface area (Å²) in [5, 5.41) is 0. The molecule has 0 radical (unpaired) electrons. The summed E-state index contributed by atoms with van der Waals surface area (Å²) >= 11 is 0. The van der Waals surface area contributed by atoms with E-state index in [1.807, 2.05) is 24.3 Å². The molecule has 2 nitrogen and oxygen atoms in total. The van der Waals surface area contributed by atoms with Gasteiger partial charge in [-0.1, -0.05) is 38.3 Å². The van der Waals surface area contributed by atoms with Crippen molar-refractivity contribution >= 4 is 11.5 Å². The molecule has 0 heterocycles. The minimum absolute atomic E-state index is 0.218. The fraction of sp³-hybridized carbons (Fsp3) is 0.533. The molecule has 1 fully saturated rings. The monoisotopic (exact) mass is 231 g/mol. The van der Waals surface area contributed by atoms with E-state index in [-0.39, 0.29) is 5.92 Å². The van der Waals surface area contributed by atoms with Gasteiger partial charge in [-0.15, -0.1) is 0 Å². The van der Waals surface area contributed by atoms with Crippen LogP contribution in [0, 0.1) is 11.8 Å². The minimum Gasteiger partial charge on any atom is -0.399 e. The summed E-state index contributed by atoms with van der Waals surface area (Å²) in [6, 6.07) is 7.39. The van der Waals surface area contributed by atoms with Crippen LogP contribution in [-0.4, -0.2) is 5.78 Å². The molecule has 1 aliphatic carbocycles. The van der Waals surface area contributed by atoms with Crippen LogP contribution >= 0.6 is 0 Å². The Morgan fingerprint density at radius 2 is 2.12 bits per heavy atom. The number of anilines is 1. The molecule has 1 saturated carbocycles. The Morgan fingerprint density at radius 3 is 2.82 bits per heavy atom. The van der Waals surface area contributed by atoms with Gasteiger partial charge >= 0.3 is 0 Å². The Balaban J connectivity index is 2.18. The van der Waals surface area contributed by atoms with Crippen LogP contribution in [0.5, 0.6) is 0 Å². The second-order valence-corrected chi connectivity index (χ2v) is 5.05. The zero-order chi connectivity index (χ0) is 12.3. The van der Waals surface area contributed by atoms with Gasteiger partial charge in [-0.05, 0) is 30.9 Å². The quantitative estimate of drug-likeness (QED) is 0.637. The molecule has 2 rings (SSSR count). The van der Waals surface area contributed by atoms with E-state index < -0.39 is 0 Å². The fourth-order valence-corrected chi connectivity index (χ4v) is 2.95. The minimum atomic E-state index is 0.218. The molecular weight excluding hydrogens is 210 g/mol. The number of benzene rings is 1. The van der Waals surface area contributed by atoms with Crippen molar-refractivity contribution in [3.8, 4) is 0 Å². The number of carbonyl (C=O) groups is 1. The number of hydrogen-bond acceptors (Lipinski definition) is 2. The Morgan fingerprint density at radius 1 is 1.35 bits per heavy atom. The zero-order valence-corrected chi connectivity index (χ0v) is 10.5. The van der Waals surface area contributed by atoms with Crippen molar-refractivity contribution in [2.75, 3.05) is 5.73 Å². The summed E-state index contributed by atoms with van der Waals surface area (Å²) in [5.41, 5.74) is 7.21. The summed E-state index contributed by atoms with van der Waals surface area (Å²) in [5.74, 6) is 1.08. The molecule has 92 valence electrons. The third-order valence-corrected chi connectivity index (χ3v) is 3.94. The van der Waals surface area contributed by atoms with Gasteiger partial charge in [-0.3, -0.25) is 4.79 Å². The molecule has 1 aromatic rings. The summed E-state index contributed by atoms with van der Waals surface area (Å²) in [7, 11) is 0. The highest BCUT2D eigenvalue weighted by Gasteiger charge is 2.30. The molecular formula is C15H21NO. The predicted octanol–water partition coefficient (Wildman–Crippen LogP) is 3.67. The third-order valence-electron chi connectivity index (χ3n) is 3.94. The van der Waals surface area contributed by atoms with E-state index >= 15 is 0 Å². The van der Waals surface area contributed by atoms with E-state index in [4.69, 9.17) is 5.73 Å². The lowest BCUT2D eigenvalue weighted by molar-refractivity contribution is 0.0820. The van der Waals surface area contributed by atoms with Gasteiger partial charge in [-0.2, -0.15) is 0 Å². The van der Waals surface area contributed by atoms with E-state index in [9.17, 15) is 4.79 Å². The molecule has 2 unspecified atom stereocenters. The lowest BCUT2D eigenvalue weighted by Crippen LogP contribution is -2.27. The van der Waals surface area contributed by atoms with Crippen LogP contribution in [0.25, 0.3) is 0 Å². The van der Waals surface area contributed by atoms with E-state index in [2.05, 4.69) is 6.92 Å². The summed E-state index contributed by atoms with van der Waals surface area (Å²) in [6.45, 7) is 2.19. The molecule has 0 aromatic heterocycles. The Kier molecular flexibility index (Phi) is 3.82. The van der Waals surface area contributed by atoms with Crippen LogP contribution < -0.4 is 5.73 Å². The average Bonchev–Trinajstić information content (AvgIpc) is 2.38. The second-order valence-electron chi connectivity index (χ2n) is 5.05. The first kappa shape index (κ1) is 12.2. The molecule has 2 heteroatoms. The van der Waals surface area contributed by atoms with Gasteiger partial charge in [0, 0.05) is 17.2 Å². The van der Waals surface area contributed by atoms with E-state index in [1.165, 1.54) is 19.3 Å². The van der Waals surface area contributed by atoms with E-state index in [1.54, 1.807) is 0 Å². The summed E-state index contributed by atoms with van der Waals surface area (Å²) in [6.07, 6.45) is 5.83. The number of carbonyl (C=O) groups excluding carboxylic acids is 1. The lowest BCUT2D eigenvalue weighted by atomic mass is 9.74. The number of nitrogen functional groups attached to an aromatic ring is 1. The van der Waals surface area contributed by atoms with Crippen LogP contribution in [0.1, 0.15) is 49.4 Å². The second kappa shape index (κ2) is 5.35. The van der Waals surface area contributed by atoms with Crippen molar-refractivity contribution in [2.24, 2.45) is 11.8 Å². The predicted molar refractivity (Wildman–Crippen MR) is 70.9 cm³/mol. The van der Waals surface area contributed by atoms with Crippen molar-refractivity contribution in [3.63, 3.8) is 0 Å². The Bertz CT molecular complexity index is 400. The maximum atomic E-state index is 12.5. The molecule has 1 aromatic carbocycles. The van der Waals surface area contributed by atoms with Gasteiger partial charge in [0.2, 0.25) is 0 Å². The largest absolute Gasteiger partial charge is 0.399 e. The van der Waals surface area contributed by atoms with Gasteiger partial charge in [0.15, 0.2) is 5.78 Å². The molecule has 17 heavy (non-hydrogen) atoms. The molecule has 2 atom stereocenters. The standard InChI is InChI=1S/C15H21NO/c1-2-11-6-3-4-9-14(11)15(17)12-7-5-8-13(16)10-12/h5,7-8,10-11,14H,2-4,6,9,16H2,1H3. The van der Waals surface area contributed by atoms with E-state index in [0.29, 0.717) is 17.4 Å². The first-order valence-electron chi connectivity index (χ1n) is 6.62. The molecule has 2 N–H and O–H groups in total. The van der Waals surface area contributed by atoms with Crippen LogP contribution in [0.2, 0.25) is 0 Å². The molecule has 0 amide bonds.